The molecule has 0 bridgehead atoms. The number of nitrogens with one attached hydrogen (secondary N) is 2. The number of guanidine groups is 1. The van der Waals surface area contributed by atoms with Crippen LogP contribution in [0.2, 0.25) is 0 Å². The fraction of sp³-hybridized carbons (Fsp3) is 0.588. The van der Waals surface area contributed by atoms with Gasteiger partial charge in [0.2, 0.25) is 0 Å². The lowest BCUT2D eigenvalue weighted by Gasteiger charge is -2.17. The molecule has 118 valence electrons. The van der Waals surface area contributed by atoms with E-state index in [0.29, 0.717) is 6.04 Å². The third-order valence-electron chi connectivity index (χ3n) is 3.03. The van der Waals surface area contributed by atoms with E-state index in [-0.39, 0.29) is 0 Å². The quantitative estimate of drug-likeness (QED) is 0.439. The predicted octanol–water partition coefficient (Wildman–Crippen LogP) is 2.47. The van der Waals surface area contributed by atoms with Gasteiger partial charge in [-0.15, -0.1) is 0 Å². The summed E-state index contributed by atoms with van der Waals surface area (Å²) in [7, 11) is 2.16. The first-order valence-electron chi connectivity index (χ1n) is 7.89. The molecule has 0 aliphatic heterocycles. The Labute approximate surface area is 129 Å². The first-order valence-corrected chi connectivity index (χ1v) is 7.89. The third kappa shape index (κ3) is 8.35. The first-order chi connectivity index (χ1) is 10.1. The summed E-state index contributed by atoms with van der Waals surface area (Å²) < 4.78 is 0. The molecule has 0 saturated carbocycles. The molecule has 1 aromatic carbocycles. The maximum absolute atomic E-state index is 4.60. The summed E-state index contributed by atoms with van der Waals surface area (Å²) in [5.41, 5.74) is 1.36. The van der Waals surface area contributed by atoms with Gasteiger partial charge < -0.3 is 15.5 Å². The molecule has 4 nitrogen and oxygen atoms in total. The summed E-state index contributed by atoms with van der Waals surface area (Å²) in [5, 5.41) is 6.60. The molecule has 21 heavy (non-hydrogen) atoms. The van der Waals surface area contributed by atoms with E-state index in [1.165, 1.54) is 5.56 Å². The molecule has 0 atom stereocenters. The van der Waals surface area contributed by atoms with Gasteiger partial charge in [-0.1, -0.05) is 30.3 Å². The lowest BCUT2D eigenvalue weighted by molar-refractivity contribution is 0.324. The Balaban J connectivity index is 2.27. The molecule has 0 amide bonds. The smallest absolute Gasteiger partial charge is 0.191 e. The molecule has 0 radical (unpaired) electrons. The highest BCUT2D eigenvalue weighted by Crippen LogP contribution is 2.02. The van der Waals surface area contributed by atoms with E-state index in [0.717, 1.165) is 38.6 Å². The number of nitrogens with zero attached hydrogens (tertiary/aromatic N) is 2. The van der Waals surface area contributed by atoms with Gasteiger partial charge in [0.1, 0.15) is 0 Å². The van der Waals surface area contributed by atoms with Gasteiger partial charge in [0, 0.05) is 25.7 Å². The van der Waals surface area contributed by atoms with Crippen molar-refractivity contribution in [2.75, 3.05) is 26.7 Å². The largest absolute Gasteiger partial charge is 0.357 e. The van der Waals surface area contributed by atoms with Crippen LogP contribution in [-0.2, 0) is 6.54 Å². The summed E-state index contributed by atoms with van der Waals surface area (Å²) in [5.74, 6) is 0.915. The topological polar surface area (TPSA) is 39.7 Å². The van der Waals surface area contributed by atoms with E-state index < -0.39 is 0 Å². The summed E-state index contributed by atoms with van der Waals surface area (Å²) >= 11 is 0. The number of aliphatic imine (C=N–C) groups is 1. The summed E-state index contributed by atoms with van der Waals surface area (Å²) in [6.45, 7) is 10.1. The van der Waals surface area contributed by atoms with E-state index in [4.69, 9.17) is 0 Å². The lowest BCUT2D eigenvalue weighted by atomic mass is 10.2. The van der Waals surface area contributed by atoms with Gasteiger partial charge in [-0.3, -0.25) is 4.99 Å². The first kappa shape index (κ1) is 17.5. The predicted molar refractivity (Wildman–Crippen MR) is 91.6 cm³/mol. The van der Waals surface area contributed by atoms with Crippen LogP contribution in [-0.4, -0.2) is 43.6 Å². The van der Waals surface area contributed by atoms with Crippen molar-refractivity contribution >= 4 is 5.96 Å². The van der Waals surface area contributed by atoms with Crippen molar-refractivity contribution in [1.82, 2.24) is 15.5 Å². The van der Waals surface area contributed by atoms with Crippen LogP contribution in [0.5, 0.6) is 0 Å². The minimum Gasteiger partial charge on any atom is -0.357 e. The lowest BCUT2D eigenvalue weighted by Crippen LogP contribution is -2.41. The van der Waals surface area contributed by atoms with Crippen molar-refractivity contribution in [2.45, 2.75) is 39.8 Å². The fourth-order valence-corrected chi connectivity index (χ4v) is 2.10. The highest BCUT2D eigenvalue weighted by Gasteiger charge is 2.01. The molecule has 0 aliphatic rings. The zero-order chi connectivity index (χ0) is 15.5. The minimum absolute atomic E-state index is 0.406. The van der Waals surface area contributed by atoms with Gasteiger partial charge in [-0.2, -0.15) is 0 Å². The van der Waals surface area contributed by atoms with Crippen LogP contribution in [0.4, 0.5) is 0 Å². The normalized spacial score (nSPS) is 12.0. The molecule has 2 N–H and O–H groups in total. The SMILES string of the molecule is CCNC(=NCCCN(C)Cc1ccccc1)NC(C)C. The van der Waals surface area contributed by atoms with Crippen LogP contribution >= 0.6 is 0 Å². The van der Waals surface area contributed by atoms with Gasteiger partial charge in [0.25, 0.3) is 0 Å². The Kier molecular flexibility index (Phi) is 8.51. The van der Waals surface area contributed by atoms with Crippen molar-refractivity contribution < 1.29 is 0 Å². The Morgan fingerprint density at radius 3 is 2.57 bits per heavy atom. The Morgan fingerprint density at radius 2 is 1.95 bits per heavy atom. The number of hydrogen-bond donors (Lipinski definition) is 2. The number of rotatable bonds is 8. The second-order valence-electron chi connectivity index (χ2n) is 5.64. The van der Waals surface area contributed by atoms with Crippen LogP contribution in [0.1, 0.15) is 32.8 Å². The zero-order valence-electron chi connectivity index (χ0n) is 13.9. The maximum atomic E-state index is 4.60. The van der Waals surface area contributed by atoms with Gasteiger partial charge in [-0.05, 0) is 46.3 Å². The number of benzene rings is 1. The van der Waals surface area contributed by atoms with Gasteiger partial charge in [-0.25, -0.2) is 0 Å². The van der Waals surface area contributed by atoms with Crippen molar-refractivity contribution in [3.8, 4) is 0 Å². The fourth-order valence-electron chi connectivity index (χ4n) is 2.10. The van der Waals surface area contributed by atoms with Crippen LogP contribution in [0.3, 0.4) is 0 Å². The molecule has 0 fully saturated rings. The maximum Gasteiger partial charge on any atom is 0.191 e. The highest BCUT2D eigenvalue weighted by molar-refractivity contribution is 5.79. The van der Waals surface area contributed by atoms with Crippen LogP contribution in [0.15, 0.2) is 35.3 Å². The van der Waals surface area contributed by atoms with Crippen LogP contribution < -0.4 is 10.6 Å². The molecule has 0 unspecified atom stereocenters. The number of hydrogen-bond acceptors (Lipinski definition) is 2. The molecule has 0 aromatic heterocycles. The average Bonchev–Trinajstić information content (AvgIpc) is 2.44. The Hall–Kier alpha value is -1.55. The van der Waals surface area contributed by atoms with Crippen molar-refractivity contribution in [2.24, 2.45) is 4.99 Å². The third-order valence-corrected chi connectivity index (χ3v) is 3.03. The van der Waals surface area contributed by atoms with Crippen molar-refractivity contribution in [1.29, 1.82) is 0 Å². The summed E-state index contributed by atoms with van der Waals surface area (Å²) in [6.07, 6.45) is 1.07. The van der Waals surface area contributed by atoms with Crippen LogP contribution in [0.25, 0.3) is 0 Å². The standard InChI is InChI=1S/C17H30N4/c1-5-18-17(20-15(2)3)19-12-9-13-21(4)14-16-10-7-6-8-11-16/h6-8,10-11,15H,5,9,12-14H2,1-4H3,(H2,18,19,20). The van der Waals surface area contributed by atoms with Crippen molar-refractivity contribution in [3.05, 3.63) is 35.9 Å². The van der Waals surface area contributed by atoms with Gasteiger partial charge in [0.05, 0.1) is 0 Å². The van der Waals surface area contributed by atoms with Gasteiger partial charge >= 0.3 is 0 Å². The monoisotopic (exact) mass is 290 g/mol. The van der Waals surface area contributed by atoms with E-state index >= 15 is 0 Å². The highest BCUT2D eigenvalue weighted by atomic mass is 15.2. The van der Waals surface area contributed by atoms with E-state index in [1.54, 1.807) is 0 Å². The minimum atomic E-state index is 0.406. The Morgan fingerprint density at radius 1 is 1.24 bits per heavy atom. The summed E-state index contributed by atoms with van der Waals surface area (Å²) in [6, 6.07) is 11.0. The van der Waals surface area contributed by atoms with E-state index in [9.17, 15) is 0 Å². The Bertz CT molecular complexity index is 401. The van der Waals surface area contributed by atoms with Crippen molar-refractivity contribution in [3.63, 3.8) is 0 Å². The molecule has 0 aliphatic carbocycles. The molecule has 0 saturated heterocycles. The zero-order valence-corrected chi connectivity index (χ0v) is 13.9. The molecule has 1 aromatic rings. The molecular formula is C17H30N4. The molecule has 0 spiro atoms. The molecular weight excluding hydrogens is 260 g/mol. The second kappa shape index (κ2) is 10.2. The second-order valence-corrected chi connectivity index (χ2v) is 5.64. The van der Waals surface area contributed by atoms with E-state index in [2.05, 4.69) is 78.7 Å². The van der Waals surface area contributed by atoms with Crippen LogP contribution in [0, 0.1) is 0 Å². The van der Waals surface area contributed by atoms with Gasteiger partial charge in [0.15, 0.2) is 5.96 Å². The molecule has 4 heteroatoms. The molecule has 0 heterocycles. The molecule has 1 rings (SSSR count). The summed E-state index contributed by atoms with van der Waals surface area (Å²) in [4.78, 5) is 6.94. The van der Waals surface area contributed by atoms with E-state index in [1.807, 2.05) is 0 Å². The average molecular weight is 290 g/mol.